The molecule has 1 aromatic rings. The van der Waals surface area contributed by atoms with Crippen molar-refractivity contribution in [2.45, 2.75) is 20.0 Å². The van der Waals surface area contributed by atoms with Gasteiger partial charge in [0.05, 0.1) is 13.0 Å². The Morgan fingerprint density at radius 1 is 1.44 bits per heavy atom. The molecule has 100 valence electrons. The number of anilines is 1. The van der Waals surface area contributed by atoms with Crippen LogP contribution < -0.4 is 10.5 Å². The molecule has 0 aliphatic carbocycles. The highest BCUT2D eigenvalue weighted by Crippen LogP contribution is 2.28. The highest BCUT2D eigenvalue weighted by atomic mass is 19.3. The van der Waals surface area contributed by atoms with E-state index in [1.807, 2.05) is 0 Å². The summed E-state index contributed by atoms with van der Waals surface area (Å²) in [5.41, 5.74) is 5.31. The molecule has 0 aromatic heterocycles. The van der Waals surface area contributed by atoms with Crippen LogP contribution >= 0.6 is 0 Å². The van der Waals surface area contributed by atoms with Crippen LogP contribution in [0.2, 0.25) is 0 Å². The van der Waals surface area contributed by atoms with E-state index < -0.39 is 24.1 Å². The van der Waals surface area contributed by atoms with Crippen LogP contribution in [-0.2, 0) is 16.0 Å². The highest BCUT2D eigenvalue weighted by molar-refractivity contribution is 5.76. The van der Waals surface area contributed by atoms with Crippen LogP contribution in [0.4, 0.5) is 18.9 Å². The minimum absolute atomic E-state index is 0.0184. The Balaban J connectivity index is 3.03. The summed E-state index contributed by atoms with van der Waals surface area (Å²) < 4.78 is 46.1. The normalized spacial score (nSPS) is 10.5. The van der Waals surface area contributed by atoms with Gasteiger partial charge < -0.3 is 15.2 Å². The summed E-state index contributed by atoms with van der Waals surface area (Å²) in [6.45, 7) is -1.39. The van der Waals surface area contributed by atoms with E-state index in [0.29, 0.717) is 0 Å². The number of halogens is 3. The fourth-order valence-electron chi connectivity index (χ4n) is 1.38. The average Bonchev–Trinajstić information content (AvgIpc) is 2.22. The van der Waals surface area contributed by atoms with E-state index in [2.05, 4.69) is 9.47 Å². The number of benzene rings is 1. The molecule has 0 amide bonds. The van der Waals surface area contributed by atoms with Crippen LogP contribution in [0.15, 0.2) is 12.1 Å². The Morgan fingerprint density at radius 2 is 2.11 bits per heavy atom. The van der Waals surface area contributed by atoms with E-state index in [9.17, 15) is 18.0 Å². The van der Waals surface area contributed by atoms with E-state index in [0.717, 1.165) is 12.1 Å². The van der Waals surface area contributed by atoms with Gasteiger partial charge in [-0.15, -0.1) is 0 Å². The number of hydrogen-bond donors (Lipinski definition) is 1. The fourth-order valence-corrected chi connectivity index (χ4v) is 1.38. The molecule has 0 saturated heterocycles. The molecule has 7 heteroatoms. The first kappa shape index (κ1) is 14.1. The zero-order chi connectivity index (χ0) is 13.7. The highest BCUT2D eigenvalue weighted by Gasteiger charge is 2.17. The van der Waals surface area contributed by atoms with Gasteiger partial charge in [0.15, 0.2) is 0 Å². The second-order valence-corrected chi connectivity index (χ2v) is 3.33. The van der Waals surface area contributed by atoms with Crippen LogP contribution in [0, 0.1) is 5.82 Å². The summed E-state index contributed by atoms with van der Waals surface area (Å²) >= 11 is 0. The molecule has 18 heavy (non-hydrogen) atoms. The van der Waals surface area contributed by atoms with Gasteiger partial charge in [0.25, 0.3) is 0 Å². The lowest BCUT2D eigenvalue weighted by molar-refractivity contribution is -0.142. The molecule has 0 unspecified atom stereocenters. The zero-order valence-electron chi connectivity index (χ0n) is 9.58. The number of nitrogen functional groups attached to an aromatic ring is 1. The smallest absolute Gasteiger partial charge is 0.387 e. The molecule has 1 aromatic carbocycles. The third-order valence-electron chi connectivity index (χ3n) is 2.05. The first-order valence-electron chi connectivity index (χ1n) is 5.12. The third-order valence-corrected chi connectivity index (χ3v) is 2.05. The zero-order valence-corrected chi connectivity index (χ0v) is 9.58. The van der Waals surface area contributed by atoms with Crippen molar-refractivity contribution in [3.05, 3.63) is 23.5 Å². The summed E-state index contributed by atoms with van der Waals surface area (Å²) in [5, 5.41) is 0. The molecule has 0 radical (unpaired) electrons. The fraction of sp³-hybridized carbons (Fsp3) is 0.364. The Morgan fingerprint density at radius 3 is 2.67 bits per heavy atom. The molecule has 2 N–H and O–H groups in total. The second kappa shape index (κ2) is 6.13. The van der Waals surface area contributed by atoms with Crippen LogP contribution in [0.1, 0.15) is 12.5 Å². The monoisotopic (exact) mass is 263 g/mol. The van der Waals surface area contributed by atoms with Crippen molar-refractivity contribution in [3.63, 3.8) is 0 Å². The van der Waals surface area contributed by atoms with Gasteiger partial charge in [-0.25, -0.2) is 4.39 Å². The van der Waals surface area contributed by atoms with Gasteiger partial charge >= 0.3 is 12.6 Å². The van der Waals surface area contributed by atoms with Crippen molar-refractivity contribution in [2.24, 2.45) is 0 Å². The summed E-state index contributed by atoms with van der Waals surface area (Å²) in [7, 11) is 0. The molecule has 0 fully saturated rings. The van der Waals surface area contributed by atoms with Gasteiger partial charge in [0.2, 0.25) is 0 Å². The van der Waals surface area contributed by atoms with Gasteiger partial charge in [-0.1, -0.05) is 0 Å². The topological polar surface area (TPSA) is 61.5 Å². The van der Waals surface area contributed by atoms with Gasteiger partial charge in [0.1, 0.15) is 11.6 Å². The largest absolute Gasteiger partial charge is 0.466 e. The maximum absolute atomic E-state index is 13.0. The molecule has 0 heterocycles. The lowest BCUT2D eigenvalue weighted by Crippen LogP contribution is -2.13. The molecule has 0 atom stereocenters. The first-order valence-corrected chi connectivity index (χ1v) is 5.12. The SMILES string of the molecule is CCOC(=O)Cc1c(N)cc(F)cc1OC(F)F. The number of rotatable bonds is 5. The number of esters is 1. The minimum atomic E-state index is -3.13. The molecular weight excluding hydrogens is 251 g/mol. The van der Waals surface area contributed by atoms with Crippen LogP contribution in [-0.4, -0.2) is 19.2 Å². The van der Waals surface area contributed by atoms with Gasteiger partial charge in [-0.3, -0.25) is 4.79 Å². The maximum Gasteiger partial charge on any atom is 0.387 e. The summed E-state index contributed by atoms with van der Waals surface area (Å²) in [4.78, 5) is 11.3. The molecule has 0 bridgehead atoms. The average molecular weight is 263 g/mol. The van der Waals surface area contributed by atoms with Gasteiger partial charge in [-0.05, 0) is 13.0 Å². The Kier molecular flexibility index (Phi) is 4.82. The molecule has 0 aliphatic rings. The lowest BCUT2D eigenvalue weighted by atomic mass is 10.1. The quantitative estimate of drug-likeness (QED) is 0.653. The molecule has 0 spiro atoms. The number of carbonyl (C=O) groups is 1. The number of carbonyl (C=O) groups excluding carboxylic acids is 1. The summed E-state index contributed by atoms with van der Waals surface area (Å²) in [6.07, 6.45) is -0.359. The van der Waals surface area contributed by atoms with E-state index in [-0.39, 0.29) is 24.3 Å². The van der Waals surface area contributed by atoms with Crippen molar-refractivity contribution < 1.29 is 27.4 Å². The van der Waals surface area contributed by atoms with Crippen LogP contribution in [0.25, 0.3) is 0 Å². The minimum Gasteiger partial charge on any atom is -0.466 e. The second-order valence-electron chi connectivity index (χ2n) is 3.33. The maximum atomic E-state index is 13.0. The van der Waals surface area contributed by atoms with Crippen molar-refractivity contribution in [2.75, 3.05) is 12.3 Å². The van der Waals surface area contributed by atoms with Crippen molar-refractivity contribution in [1.29, 1.82) is 0 Å². The number of alkyl halides is 2. The molecule has 1 rings (SSSR count). The molecule has 0 aliphatic heterocycles. The van der Waals surface area contributed by atoms with Crippen molar-refractivity contribution in [1.82, 2.24) is 0 Å². The number of nitrogens with two attached hydrogens (primary N) is 1. The number of ether oxygens (including phenoxy) is 2. The predicted molar refractivity (Wildman–Crippen MR) is 57.8 cm³/mol. The van der Waals surface area contributed by atoms with Crippen LogP contribution in [0.5, 0.6) is 5.75 Å². The van der Waals surface area contributed by atoms with Gasteiger partial charge in [0, 0.05) is 17.3 Å². The van der Waals surface area contributed by atoms with E-state index in [1.54, 1.807) is 6.92 Å². The third kappa shape index (κ3) is 3.83. The van der Waals surface area contributed by atoms with Crippen molar-refractivity contribution >= 4 is 11.7 Å². The van der Waals surface area contributed by atoms with E-state index >= 15 is 0 Å². The first-order chi connectivity index (χ1) is 8.43. The van der Waals surface area contributed by atoms with E-state index in [1.165, 1.54) is 0 Å². The molecular formula is C11H12F3NO3. The Bertz CT molecular complexity index is 438. The Labute approximate surface area is 101 Å². The van der Waals surface area contributed by atoms with Gasteiger partial charge in [-0.2, -0.15) is 8.78 Å². The standard InChI is InChI=1S/C11H12F3NO3/c1-2-17-10(16)5-7-8(15)3-6(12)4-9(7)18-11(13)14/h3-4,11H,2,5,15H2,1H3. The summed E-state index contributed by atoms with van der Waals surface area (Å²) in [5.74, 6) is -1.94. The molecule has 4 nitrogen and oxygen atoms in total. The predicted octanol–water partition coefficient (Wildman–Crippen LogP) is 2.11. The number of hydrogen-bond acceptors (Lipinski definition) is 4. The summed E-state index contributed by atoms with van der Waals surface area (Å²) in [6, 6.07) is 1.67. The molecule has 0 saturated carbocycles. The van der Waals surface area contributed by atoms with E-state index in [4.69, 9.17) is 5.73 Å². The van der Waals surface area contributed by atoms with Crippen molar-refractivity contribution in [3.8, 4) is 5.75 Å². The lowest BCUT2D eigenvalue weighted by Gasteiger charge is -2.12. The Hall–Kier alpha value is -1.92. The van der Waals surface area contributed by atoms with Crippen LogP contribution in [0.3, 0.4) is 0 Å².